The molecule has 0 aliphatic carbocycles. The van der Waals surface area contributed by atoms with E-state index >= 15 is 0 Å². The highest BCUT2D eigenvalue weighted by atomic mass is 16.6. The third-order valence-corrected chi connectivity index (χ3v) is 5.07. The van der Waals surface area contributed by atoms with Crippen LogP contribution in [0.2, 0.25) is 0 Å². The number of hydrogen-bond acceptors (Lipinski definition) is 5. The number of carbonyl (C=O) groups excluding carboxylic acids is 2. The molecule has 7 heteroatoms. The Hall–Kier alpha value is -2.44. The van der Waals surface area contributed by atoms with E-state index in [1.54, 1.807) is 4.90 Å². The standard InChI is InChI=1S/C22H32N2O5/c1-15(16-8-9-18-19(13-16)28-12-6-11-27-18)23-20(25)17-7-5-10-24(14-17)21(26)29-22(2,3)4/h8-9,13,15,17H,5-7,10-12,14H2,1-4H3,(H,23,25). The fraction of sp³-hybridized carbons (Fsp3) is 0.636. The topological polar surface area (TPSA) is 77.1 Å². The molecule has 0 saturated carbocycles. The summed E-state index contributed by atoms with van der Waals surface area (Å²) in [7, 11) is 0. The molecule has 0 aromatic heterocycles. The van der Waals surface area contributed by atoms with Gasteiger partial charge in [0.05, 0.1) is 25.2 Å². The van der Waals surface area contributed by atoms with Crippen molar-refractivity contribution in [3.63, 3.8) is 0 Å². The third-order valence-electron chi connectivity index (χ3n) is 5.07. The summed E-state index contributed by atoms with van der Waals surface area (Å²) >= 11 is 0. The average molecular weight is 405 g/mol. The zero-order chi connectivity index (χ0) is 21.0. The molecule has 3 rings (SSSR count). The number of amides is 2. The zero-order valence-electron chi connectivity index (χ0n) is 17.8. The van der Waals surface area contributed by atoms with Gasteiger partial charge in [0.15, 0.2) is 11.5 Å². The monoisotopic (exact) mass is 404 g/mol. The number of rotatable bonds is 3. The molecule has 2 unspecified atom stereocenters. The Balaban J connectivity index is 1.59. The van der Waals surface area contributed by atoms with Gasteiger partial charge >= 0.3 is 6.09 Å². The molecule has 2 aliphatic heterocycles. The van der Waals surface area contributed by atoms with Crippen molar-refractivity contribution in [3.05, 3.63) is 23.8 Å². The van der Waals surface area contributed by atoms with Gasteiger partial charge in [0.25, 0.3) is 0 Å². The van der Waals surface area contributed by atoms with Crippen molar-refractivity contribution in [1.29, 1.82) is 0 Å². The predicted molar refractivity (Wildman–Crippen MR) is 109 cm³/mol. The second kappa shape index (κ2) is 8.93. The SMILES string of the molecule is CC(NC(=O)C1CCCN(C(=O)OC(C)(C)C)C1)c1ccc2c(c1)OCCCO2. The van der Waals surface area contributed by atoms with Gasteiger partial charge in [0.1, 0.15) is 5.60 Å². The Bertz CT molecular complexity index is 743. The number of piperidine rings is 1. The molecule has 0 bridgehead atoms. The van der Waals surface area contributed by atoms with Gasteiger partial charge < -0.3 is 24.4 Å². The molecular formula is C22H32N2O5. The number of hydrogen-bond donors (Lipinski definition) is 1. The fourth-order valence-corrected chi connectivity index (χ4v) is 3.55. The van der Waals surface area contributed by atoms with Gasteiger partial charge in [-0.3, -0.25) is 4.79 Å². The van der Waals surface area contributed by atoms with E-state index < -0.39 is 5.60 Å². The van der Waals surface area contributed by atoms with Crippen molar-refractivity contribution in [2.75, 3.05) is 26.3 Å². The maximum Gasteiger partial charge on any atom is 0.410 e. The van der Waals surface area contributed by atoms with Crippen LogP contribution in [0.4, 0.5) is 4.79 Å². The van der Waals surface area contributed by atoms with Crippen molar-refractivity contribution in [2.24, 2.45) is 5.92 Å². The number of nitrogens with one attached hydrogen (secondary N) is 1. The van der Waals surface area contributed by atoms with Crippen molar-refractivity contribution >= 4 is 12.0 Å². The Kier molecular flexibility index (Phi) is 6.55. The molecule has 1 N–H and O–H groups in total. The summed E-state index contributed by atoms with van der Waals surface area (Å²) in [6, 6.07) is 5.60. The second-order valence-electron chi connectivity index (χ2n) is 8.75. The summed E-state index contributed by atoms with van der Waals surface area (Å²) in [5.74, 6) is 1.18. The zero-order valence-corrected chi connectivity index (χ0v) is 17.8. The van der Waals surface area contributed by atoms with E-state index in [0.717, 1.165) is 36.3 Å². The van der Waals surface area contributed by atoms with E-state index in [4.69, 9.17) is 14.2 Å². The predicted octanol–water partition coefficient (Wildman–Crippen LogP) is 3.67. The van der Waals surface area contributed by atoms with Gasteiger partial charge in [-0.15, -0.1) is 0 Å². The van der Waals surface area contributed by atoms with Gasteiger partial charge in [-0.2, -0.15) is 0 Å². The van der Waals surface area contributed by atoms with Gasteiger partial charge in [0, 0.05) is 19.5 Å². The average Bonchev–Trinajstić information content (AvgIpc) is 2.91. The Morgan fingerprint density at radius 3 is 2.62 bits per heavy atom. The number of ether oxygens (including phenoxy) is 3. The Labute approximate surface area is 172 Å². The molecule has 1 aromatic rings. The van der Waals surface area contributed by atoms with E-state index in [2.05, 4.69) is 5.32 Å². The molecule has 1 saturated heterocycles. The highest BCUT2D eigenvalue weighted by Crippen LogP contribution is 2.32. The molecular weight excluding hydrogens is 372 g/mol. The van der Waals surface area contributed by atoms with Crippen LogP contribution in [-0.4, -0.2) is 48.8 Å². The van der Waals surface area contributed by atoms with Crippen molar-refractivity contribution in [1.82, 2.24) is 10.2 Å². The van der Waals surface area contributed by atoms with Crippen LogP contribution in [-0.2, 0) is 9.53 Å². The highest BCUT2D eigenvalue weighted by molar-refractivity contribution is 5.80. The van der Waals surface area contributed by atoms with Gasteiger partial charge in [0.2, 0.25) is 5.91 Å². The molecule has 1 aromatic carbocycles. The molecule has 0 radical (unpaired) electrons. The van der Waals surface area contributed by atoms with E-state index in [1.807, 2.05) is 45.9 Å². The fourth-order valence-electron chi connectivity index (χ4n) is 3.55. The van der Waals surface area contributed by atoms with Crippen molar-refractivity contribution in [2.45, 2.75) is 58.6 Å². The summed E-state index contributed by atoms with van der Waals surface area (Å²) < 4.78 is 16.9. The first-order chi connectivity index (χ1) is 13.7. The smallest absolute Gasteiger partial charge is 0.410 e. The summed E-state index contributed by atoms with van der Waals surface area (Å²) in [6.45, 7) is 9.76. The van der Waals surface area contributed by atoms with Crippen LogP contribution < -0.4 is 14.8 Å². The quantitative estimate of drug-likeness (QED) is 0.832. The van der Waals surface area contributed by atoms with Crippen LogP contribution in [0.5, 0.6) is 11.5 Å². The Morgan fingerprint density at radius 1 is 1.17 bits per heavy atom. The maximum absolute atomic E-state index is 12.8. The molecule has 29 heavy (non-hydrogen) atoms. The van der Waals surface area contributed by atoms with E-state index in [0.29, 0.717) is 26.3 Å². The molecule has 0 spiro atoms. The molecule has 2 aliphatic rings. The van der Waals surface area contributed by atoms with Crippen molar-refractivity contribution in [3.8, 4) is 11.5 Å². The lowest BCUT2D eigenvalue weighted by Crippen LogP contribution is -2.47. The van der Waals surface area contributed by atoms with E-state index in [9.17, 15) is 9.59 Å². The Morgan fingerprint density at radius 2 is 1.90 bits per heavy atom. The first-order valence-corrected chi connectivity index (χ1v) is 10.4. The molecule has 2 heterocycles. The molecule has 1 fully saturated rings. The molecule has 160 valence electrons. The molecule has 2 amide bonds. The number of likely N-dealkylation sites (tertiary alicyclic amines) is 1. The van der Waals surface area contributed by atoms with E-state index in [-0.39, 0.29) is 24.0 Å². The lowest BCUT2D eigenvalue weighted by atomic mass is 9.96. The normalized spacial score (nSPS) is 20.4. The largest absolute Gasteiger partial charge is 0.490 e. The summed E-state index contributed by atoms with van der Waals surface area (Å²) in [5.41, 5.74) is 0.417. The lowest BCUT2D eigenvalue weighted by Gasteiger charge is -2.34. The van der Waals surface area contributed by atoms with Gasteiger partial charge in [-0.1, -0.05) is 6.07 Å². The first-order valence-electron chi connectivity index (χ1n) is 10.4. The number of nitrogens with zero attached hydrogens (tertiary/aromatic N) is 1. The minimum Gasteiger partial charge on any atom is -0.490 e. The number of benzene rings is 1. The minimum atomic E-state index is -0.544. The first kappa shape index (κ1) is 21.3. The minimum absolute atomic E-state index is 0.0436. The van der Waals surface area contributed by atoms with Crippen molar-refractivity contribution < 1.29 is 23.8 Å². The lowest BCUT2D eigenvalue weighted by molar-refractivity contribution is -0.127. The van der Waals surface area contributed by atoms with Crippen LogP contribution in [0, 0.1) is 5.92 Å². The van der Waals surface area contributed by atoms with Crippen LogP contribution in [0.25, 0.3) is 0 Å². The maximum atomic E-state index is 12.8. The molecule has 7 nitrogen and oxygen atoms in total. The van der Waals surface area contributed by atoms with Gasteiger partial charge in [-0.25, -0.2) is 4.79 Å². The van der Waals surface area contributed by atoms with Crippen LogP contribution in [0.15, 0.2) is 18.2 Å². The summed E-state index contributed by atoms with van der Waals surface area (Å²) in [4.78, 5) is 26.8. The van der Waals surface area contributed by atoms with Crippen LogP contribution >= 0.6 is 0 Å². The number of fused-ring (bicyclic) bond motifs is 1. The van der Waals surface area contributed by atoms with E-state index in [1.165, 1.54) is 0 Å². The summed E-state index contributed by atoms with van der Waals surface area (Å²) in [5, 5.41) is 3.08. The second-order valence-corrected chi connectivity index (χ2v) is 8.75. The third kappa shape index (κ3) is 5.78. The summed E-state index contributed by atoms with van der Waals surface area (Å²) in [6.07, 6.45) is 2.05. The van der Waals surface area contributed by atoms with Gasteiger partial charge in [-0.05, 0) is 58.2 Å². The number of carbonyl (C=O) groups is 2. The van der Waals surface area contributed by atoms with Crippen LogP contribution in [0.3, 0.4) is 0 Å². The van der Waals surface area contributed by atoms with Crippen LogP contribution in [0.1, 0.15) is 58.6 Å². The highest BCUT2D eigenvalue weighted by Gasteiger charge is 2.31. The molecule has 2 atom stereocenters.